The molecule has 0 saturated heterocycles. The first-order valence-corrected chi connectivity index (χ1v) is 7.80. The lowest BCUT2D eigenvalue weighted by Gasteiger charge is -2.20. The minimum Gasteiger partial charge on any atom is -0.493 e. The van der Waals surface area contributed by atoms with Crippen molar-refractivity contribution in [3.8, 4) is 17.2 Å². The fourth-order valence-corrected chi connectivity index (χ4v) is 2.78. The number of quaternary nitrogens is 1. The maximum absolute atomic E-state index is 5.44. The van der Waals surface area contributed by atoms with Gasteiger partial charge in [-0.1, -0.05) is 30.3 Å². The molecule has 0 unspecified atom stereocenters. The molecule has 2 rings (SSSR count). The lowest BCUT2D eigenvalue weighted by molar-refractivity contribution is -0.728. The molecule has 0 fully saturated rings. The zero-order valence-corrected chi connectivity index (χ0v) is 14.5. The Morgan fingerprint density at radius 1 is 0.739 bits per heavy atom. The molecular weight excluding hydrogens is 290 g/mol. The van der Waals surface area contributed by atoms with Crippen LogP contribution in [-0.4, -0.2) is 21.3 Å². The standard InChI is InChI=1S/C19H25NO3/c1-13(15-9-7-6-8-10-15)20-14(2)16-11-17(21-3)19(23-5)18(12-16)22-4/h6-14,20H,1-5H3/p+1/t13-,14-/m0/s1. The number of nitrogens with two attached hydrogens (primary N) is 1. The lowest BCUT2D eigenvalue weighted by atomic mass is 10.0. The summed E-state index contributed by atoms with van der Waals surface area (Å²) in [5.74, 6) is 2.01. The summed E-state index contributed by atoms with van der Waals surface area (Å²) in [6, 6.07) is 15.2. The second kappa shape index (κ2) is 7.88. The fourth-order valence-electron chi connectivity index (χ4n) is 2.78. The summed E-state index contributed by atoms with van der Waals surface area (Å²) in [5.41, 5.74) is 2.45. The Labute approximate surface area is 138 Å². The summed E-state index contributed by atoms with van der Waals surface area (Å²) in [6.45, 7) is 4.39. The minimum absolute atomic E-state index is 0.263. The average Bonchev–Trinajstić information content (AvgIpc) is 2.60. The van der Waals surface area contributed by atoms with E-state index in [0.717, 1.165) is 5.56 Å². The highest BCUT2D eigenvalue weighted by Crippen LogP contribution is 2.39. The van der Waals surface area contributed by atoms with E-state index in [2.05, 4.69) is 43.4 Å². The largest absolute Gasteiger partial charge is 0.493 e. The van der Waals surface area contributed by atoms with Gasteiger partial charge in [-0.05, 0) is 26.0 Å². The van der Waals surface area contributed by atoms with Crippen LogP contribution < -0.4 is 19.5 Å². The van der Waals surface area contributed by atoms with Crippen LogP contribution in [0.5, 0.6) is 17.2 Å². The summed E-state index contributed by atoms with van der Waals surface area (Å²) in [5, 5.41) is 2.33. The minimum atomic E-state index is 0.263. The summed E-state index contributed by atoms with van der Waals surface area (Å²) in [4.78, 5) is 0. The van der Waals surface area contributed by atoms with E-state index in [1.165, 1.54) is 5.56 Å². The van der Waals surface area contributed by atoms with Crippen LogP contribution in [0, 0.1) is 0 Å². The smallest absolute Gasteiger partial charge is 0.203 e. The maximum Gasteiger partial charge on any atom is 0.203 e. The van der Waals surface area contributed by atoms with E-state index in [1.54, 1.807) is 21.3 Å². The fraction of sp³-hybridized carbons (Fsp3) is 0.368. The van der Waals surface area contributed by atoms with Crippen LogP contribution in [0.15, 0.2) is 42.5 Å². The van der Waals surface area contributed by atoms with Crippen molar-refractivity contribution in [2.45, 2.75) is 25.9 Å². The van der Waals surface area contributed by atoms with Crippen molar-refractivity contribution in [2.75, 3.05) is 21.3 Å². The Morgan fingerprint density at radius 3 is 1.74 bits per heavy atom. The molecule has 0 aliphatic heterocycles. The Morgan fingerprint density at radius 2 is 1.26 bits per heavy atom. The number of benzene rings is 2. The first-order chi connectivity index (χ1) is 11.1. The molecule has 124 valence electrons. The van der Waals surface area contributed by atoms with Crippen molar-refractivity contribution in [3.63, 3.8) is 0 Å². The summed E-state index contributed by atoms with van der Waals surface area (Å²) in [6.07, 6.45) is 0. The van der Waals surface area contributed by atoms with E-state index in [0.29, 0.717) is 23.3 Å². The third-order valence-electron chi connectivity index (χ3n) is 4.12. The van der Waals surface area contributed by atoms with E-state index >= 15 is 0 Å². The Bertz CT molecular complexity index is 603. The quantitative estimate of drug-likeness (QED) is 0.853. The number of rotatable bonds is 7. The third-order valence-corrected chi connectivity index (χ3v) is 4.12. The van der Waals surface area contributed by atoms with Gasteiger partial charge in [-0.3, -0.25) is 0 Å². The maximum atomic E-state index is 5.44. The van der Waals surface area contributed by atoms with E-state index in [1.807, 2.05) is 18.2 Å². The highest BCUT2D eigenvalue weighted by atomic mass is 16.5. The molecule has 2 N–H and O–H groups in total. The Hall–Kier alpha value is -2.20. The summed E-state index contributed by atoms with van der Waals surface area (Å²) in [7, 11) is 4.90. The molecule has 0 aromatic heterocycles. The lowest BCUT2D eigenvalue weighted by Crippen LogP contribution is -2.85. The molecule has 4 heteroatoms. The van der Waals surface area contributed by atoms with Gasteiger partial charge in [0.05, 0.1) is 21.3 Å². The number of hydrogen-bond acceptors (Lipinski definition) is 3. The highest BCUT2D eigenvalue weighted by Gasteiger charge is 2.20. The van der Waals surface area contributed by atoms with Crippen LogP contribution >= 0.6 is 0 Å². The molecular formula is C19H26NO3+. The van der Waals surface area contributed by atoms with Gasteiger partial charge in [0, 0.05) is 11.1 Å². The first-order valence-electron chi connectivity index (χ1n) is 7.80. The number of hydrogen-bond donors (Lipinski definition) is 1. The molecule has 2 aromatic rings. The van der Waals surface area contributed by atoms with Crippen molar-refractivity contribution in [2.24, 2.45) is 0 Å². The monoisotopic (exact) mass is 316 g/mol. The molecule has 0 aliphatic rings. The normalized spacial score (nSPS) is 13.3. The van der Waals surface area contributed by atoms with Crippen molar-refractivity contribution in [3.05, 3.63) is 53.6 Å². The van der Waals surface area contributed by atoms with Gasteiger partial charge in [0.1, 0.15) is 12.1 Å². The average molecular weight is 316 g/mol. The van der Waals surface area contributed by atoms with Gasteiger partial charge >= 0.3 is 0 Å². The van der Waals surface area contributed by atoms with Crippen molar-refractivity contribution < 1.29 is 19.5 Å². The van der Waals surface area contributed by atoms with Gasteiger partial charge in [-0.25, -0.2) is 0 Å². The van der Waals surface area contributed by atoms with Crippen molar-refractivity contribution in [1.82, 2.24) is 0 Å². The number of ether oxygens (including phenoxy) is 3. The van der Waals surface area contributed by atoms with Gasteiger partial charge in [-0.2, -0.15) is 0 Å². The molecule has 2 atom stereocenters. The Balaban J connectivity index is 2.23. The second-order valence-electron chi connectivity index (χ2n) is 5.64. The molecule has 0 bridgehead atoms. The SMILES string of the molecule is COc1cc([C@H](C)[NH2+][C@@H](C)c2ccccc2)cc(OC)c1OC. The first kappa shape index (κ1) is 17.2. The highest BCUT2D eigenvalue weighted by molar-refractivity contribution is 5.54. The molecule has 0 saturated carbocycles. The topological polar surface area (TPSA) is 44.3 Å². The van der Waals surface area contributed by atoms with Crippen LogP contribution in [-0.2, 0) is 0 Å². The molecule has 0 heterocycles. The van der Waals surface area contributed by atoms with Crippen LogP contribution in [0.2, 0.25) is 0 Å². The zero-order chi connectivity index (χ0) is 16.8. The molecule has 0 amide bonds. The summed E-state index contributed by atoms with van der Waals surface area (Å²) >= 11 is 0. The molecule has 0 spiro atoms. The zero-order valence-electron chi connectivity index (χ0n) is 14.5. The Kier molecular flexibility index (Phi) is 5.88. The molecule has 4 nitrogen and oxygen atoms in total. The van der Waals surface area contributed by atoms with E-state index < -0.39 is 0 Å². The molecule has 0 aliphatic carbocycles. The van der Waals surface area contributed by atoms with Crippen molar-refractivity contribution >= 4 is 0 Å². The van der Waals surface area contributed by atoms with E-state index in [4.69, 9.17) is 14.2 Å². The van der Waals surface area contributed by atoms with Gasteiger partial charge < -0.3 is 19.5 Å². The van der Waals surface area contributed by atoms with Crippen molar-refractivity contribution in [1.29, 1.82) is 0 Å². The third kappa shape index (κ3) is 3.96. The number of methoxy groups -OCH3 is 3. The van der Waals surface area contributed by atoms with Gasteiger partial charge in [0.2, 0.25) is 5.75 Å². The van der Waals surface area contributed by atoms with E-state index in [-0.39, 0.29) is 6.04 Å². The predicted molar refractivity (Wildman–Crippen MR) is 91.3 cm³/mol. The van der Waals surface area contributed by atoms with Crippen LogP contribution in [0.25, 0.3) is 0 Å². The molecule has 0 radical (unpaired) electrons. The van der Waals surface area contributed by atoms with Gasteiger partial charge in [0.25, 0.3) is 0 Å². The van der Waals surface area contributed by atoms with Gasteiger partial charge in [-0.15, -0.1) is 0 Å². The molecule has 2 aromatic carbocycles. The van der Waals surface area contributed by atoms with Crippen LogP contribution in [0.3, 0.4) is 0 Å². The predicted octanol–water partition coefficient (Wildman–Crippen LogP) is 3.10. The summed E-state index contributed by atoms with van der Waals surface area (Å²) < 4.78 is 16.3. The second-order valence-corrected chi connectivity index (χ2v) is 5.64. The van der Waals surface area contributed by atoms with Crippen LogP contribution in [0.1, 0.15) is 37.1 Å². The van der Waals surface area contributed by atoms with Gasteiger partial charge in [0.15, 0.2) is 11.5 Å². The van der Waals surface area contributed by atoms with E-state index in [9.17, 15) is 0 Å². The van der Waals surface area contributed by atoms with Crippen LogP contribution in [0.4, 0.5) is 0 Å². The molecule has 23 heavy (non-hydrogen) atoms.